The number of para-hydroxylation sites is 1. The number of methoxy groups -OCH3 is 1. The van der Waals surface area contributed by atoms with Crippen molar-refractivity contribution in [3.05, 3.63) is 69.0 Å². The maximum Gasteiger partial charge on any atom is 0.307 e. The lowest BCUT2D eigenvalue weighted by molar-refractivity contribution is -0.140. The highest BCUT2D eigenvalue weighted by Crippen LogP contribution is 2.27. The molecule has 0 amide bonds. The van der Waals surface area contributed by atoms with Gasteiger partial charge in [-0.1, -0.05) is 30.0 Å². The Kier molecular flexibility index (Phi) is 6.95. The monoisotopic (exact) mass is 438 g/mol. The van der Waals surface area contributed by atoms with Gasteiger partial charge in [0.1, 0.15) is 0 Å². The third-order valence-electron chi connectivity index (χ3n) is 5.35. The fourth-order valence-corrected chi connectivity index (χ4v) is 4.40. The van der Waals surface area contributed by atoms with Crippen LogP contribution in [-0.2, 0) is 16.1 Å². The molecule has 1 aromatic heterocycles. The van der Waals surface area contributed by atoms with E-state index in [-0.39, 0.29) is 24.3 Å². The lowest BCUT2D eigenvalue weighted by Gasteiger charge is -2.17. The minimum atomic E-state index is -0.460. The summed E-state index contributed by atoms with van der Waals surface area (Å²) in [6.45, 7) is 7.88. The lowest BCUT2D eigenvalue weighted by Crippen LogP contribution is -2.26. The van der Waals surface area contributed by atoms with E-state index in [1.165, 1.54) is 23.4 Å². The molecule has 0 N–H and O–H groups in total. The van der Waals surface area contributed by atoms with Gasteiger partial charge in [0, 0.05) is 12.1 Å². The zero-order chi connectivity index (χ0) is 22.7. The van der Waals surface area contributed by atoms with E-state index in [1.54, 1.807) is 18.2 Å². The number of ether oxygens (including phenoxy) is 1. The van der Waals surface area contributed by atoms with Crippen molar-refractivity contribution in [2.45, 2.75) is 51.1 Å². The van der Waals surface area contributed by atoms with Gasteiger partial charge in [0.05, 0.1) is 29.7 Å². The summed E-state index contributed by atoms with van der Waals surface area (Å²) in [4.78, 5) is 42.6. The molecule has 0 saturated carbocycles. The van der Waals surface area contributed by atoms with E-state index in [9.17, 15) is 14.4 Å². The van der Waals surface area contributed by atoms with Gasteiger partial charge in [-0.3, -0.25) is 19.0 Å². The molecular weight excluding hydrogens is 412 g/mol. The van der Waals surface area contributed by atoms with Gasteiger partial charge in [-0.05, 0) is 62.6 Å². The summed E-state index contributed by atoms with van der Waals surface area (Å²) in [5, 5.41) is 0.425. The van der Waals surface area contributed by atoms with Crippen molar-refractivity contribution >= 4 is 34.4 Å². The molecule has 6 nitrogen and oxygen atoms in total. The predicted molar refractivity (Wildman–Crippen MR) is 123 cm³/mol. The fourth-order valence-electron chi connectivity index (χ4n) is 3.40. The number of nitrogens with zero attached hydrogens (tertiary/aromatic N) is 2. The zero-order valence-electron chi connectivity index (χ0n) is 18.4. The normalized spacial score (nSPS) is 12.0. The quantitative estimate of drug-likeness (QED) is 0.238. The van der Waals surface area contributed by atoms with Crippen LogP contribution < -0.4 is 5.56 Å². The standard InChI is InChI=1S/C24H26N2O4S/c1-14-12-16(3)19(13-15(14)2)22(28)17(4)31-24-25-20-9-7-6-8-18(20)23(29)26(24)11-10-21(27)30-5/h6-9,12-13,17H,10-11H2,1-5H3. The fraction of sp³-hybridized carbons (Fsp3) is 0.333. The molecule has 0 saturated heterocycles. The highest BCUT2D eigenvalue weighted by atomic mass is 32.2. The number of carbonyl (C=O) groups excluding carboxylic acids is 2. The Hall–Kier alpha value is -2.93. The van der Waals surface area contributed by atoms with E-state index >= 15 is 0 Å². The van der Waals surface area contributed by atoms with Gasteiger partial charge in [0.15, 0.2) is 10.9 Å². The second-order valence-electron chi connectivity index (χ2n) is 7.57. The van der Waals surface area contributed by atoms with Crippen molar-refractivity contribution < 1.29 is 14.3 Å². The van der Waals surface area contributed by atoms with E-state index in [0.29, 0.717) is 21.6 Å². The summed E-state index contributed by atoms with van der Waals surface area (Å²) in [5.74, 6) is -0.432. The SMILES string of the molecule is COC(=O)CCn1c(SC(C)C(=O)c2cc(C)c(C)cc2C)nc2ccccc2c1=O. The Labute approximate surface area is 185 Å². The third kappa shape index (κ3) is 4.88. The van der Waals surface area contributed by atoms with Gasteiger partial charge in [-0.2, -0.15) is 0 Å². The van der Waals surface area contributed by atoms with Crippen LogP contribution in [-0.4, -0.2) is 33.7 Å². The van der Waals surface area contributed by atoms with Crippen LogP contribution in [0, 0.1) is 20.8 Å². The first kappa shape index (κ1) is 22.7. The van der Waals surface area contributed by atoms with Crippen molar-refractivity contribution in [3.63, 3.8) is 0 Å². The molecule has 0 radical (unpaired) electrons. The van der Waals surface area contributed by atoms with Crippen LogP contribution >= 0.6 is 11.8 Å². The van der Waals surface area contributed by atoms with Crippen LogP contribution in [0.2, 0.25) is 0 Å². The highest BCUT2D eigenvalue weighted by Gasteiger charge is 2.22. The number of carbonyl (C=O) groups is 2. The van der Waals surface area contributed by atoms with Crippen LogP contribution in [0.25, 0.3) is 10.9 Å². The van der Waals surface area contributed by atoms with Crippen LogP contribution in [0.1, 0.15) is 40.4 Å². The number of hydrogen-bond donors (Lipinski definition) is 0. The van der Waals surface area contributed by atoms with Crippen LogP contribution in [0.3, 0.4) is 0 Å². The average molecular weight is 439 g/mol. The summed E-state index contributed by atoms with van der Waals surface area (Å²) in [7, 11) is 1.31. The second-order valence-corrected chi connectivity index (χ2v) is 8.88. The largest absolute Gasteiger partial charge is 0.469 e. The Morgan fingerprint density at radius 3 is 2.48 bits per heavy atom. The topological polar surface area (TPSA) is 78.3 Å². The number of benzene rings is 2. The first-order valence-corrected chi connectivity index (χ1v) is 11.0. The Morgan fingerprint density at radius 1 is 1.10 bits per heavy atom. The van der Waals surface area contributed by atoms with E-state index in [4.69, 9.17) is 4.74 Å². The number of rotatable bonds is 7. The van der Waals surface area contributed by atoms with Crippen LogP contribution in [0.5, 0.6) is 0 Å². The number of fused-ring (bicyclic) bond motifs is 1. The Balaban J connectivity index is 1.99. The molecule has 2 aromatic carbocycles. The molecule has 7 heteroatoms. The molecule has 0 aliphatic heterocycles. The van der Waals surface area contributed by atoms with Crippen molar-refractivity contribution in [3.8, 4) is 0 Å². The van der Waals surface area contributed by atoms with E-state index in [2.05, 4.69) is 4.98 Å². The average Bonchev–Trinajstić information content (AvgIpc) is 2.75. The molecular formula is C24H26N2O4S. The van der Waals surface area contributed by atoms with Gasteiger partial charge in [-0.15, -0.1) is 0 Å². The first-order chi connectivity index (χ1) is 14.7. The number of thioether (sulfide) groups is 1. The summed E-state index contributed by atoms with van der Waals surface area (Å²) in [5.41, 5.74) is 4.12. The molecule has 1 atom stereocenters. The number of aromatic nitrogens is 2. The number of Topliss-reactive ketones (excluding diaryl/α,β-unsaturated/α-hetero) is 1. The van der Waals surface area contributed by atoms with Gasteiger partial charge in [0.2, 0.25) is 0 Å². The smallest absolute Gasteiger partial charge is 0.307 e. The molecule has 31 heavy (non-hydrogen) atoms. The molecule has 0 bridgehead atoms. The molecule has 162 valence electrons. The van der Waals surface area contributed by atoms with Crippen molar-refractivity contribution in [1.82, 2.24) is 9.55 Å². The molecule has 1 unspecified atom stereocenters. The molecule has 0 spiro atoms. The summed E-state index contributed by atoms with van der Waals surface area (Å²) in [6, 6.07) is 11.0. The molecule has 3 rings (SSSR count). The minimum absolute atomic E-state index is 0.0208. The van der Waals surface area contributed by atoms with Crippen LogP contribution in [0.4, 0.5) is 0 Å². The number of aryl methyl sites for hydroxylation is 3. The van der Waals surface area contributed by atoms with Gasteiger partial charge < -0.3 is 4.74 Å². The van der Waals surface area contributed by atoms with Gasteiger partial charge >= 0.3 is 5.97 Å². The zero-order valence-corrected chi connectivity index (χ0v) is 19.2. The molecule has 0 aliphatic carbocycles. The maximum absolute atomic E-state index is 13.2. The molecule has 1 heterocycles. The maximum atomic E-state index is 13.2. The van der Waals surface area contributed by atoms with Crippen molar-refractivity contribution in [2.75, 3.05) is 7.11 Å². The summed E-state index contributed by atoms with van der Waals surface area (Å²) < 4.78 is 6.17. The van der Waals surface area contributed by atoms with Crippen molar-refractivity contribution in [2.24, 2.45) is 0 Å². The van der Waals surface area contributed by atoms with Gasteiger partial charge in [0.25, 0.3) is 5.56 Å². The Morgan fingerprint density at radius 2 is 1.77 bits per heavy atom. The van der Waals surface area contributed by atoms with Crippen LogP contribution in [0.15, 0.2) is 46.3 Å². The van der Waals surface area contributed by atoms with E-state index < -0.39 is 11.2 Å². The number of hydrogen-bond acceptors (Lipinski definition) is 6. The molecule has 3 aromatic rings. The number of esters is 1. The molecule has 0 aliphatic rings. The second kappa shape index (κ2) is 9.47. The Bertz CT molecular complexity index is 1220. The summed E-state index contributed by atoms with van der Waals surface area (Å²) in [6.07, 6.45) is 0.0442. The molecule has 0 fully saturated rings. The first-order valence-electron chi connectivity index (χ1n) is 10.1. The van der Waals surface area contributed by atoms with E-state index in [0.717, 1.165) is 16.7 Å². The lowest BCUT2D eigenvalue weighted by atomic mass is 9.97. The van der Waals surface area contributed by atoms with Gasteiger partial charge in [-0.25, -0.2) is 4.98 Å². The third-order valence-corrected chi connectivity index (χ3v) is 6.44. The van der Waals surface area contributed by atoms with Crippen molar-refractivity contribution in [1.29, 1.82) is 0 Å². The van der Waals surface area contributed by atoms with E-state index in [1.807, 2.05) is 45.9 Å². The summed E-state index contributed by atoms with van der Waals surface area (Å²) >= 11 is 1.23. The highest BCUT2D eigenvalue weighted by molar-refractivity contribution is 8.00. The number of ketones is 1. The minimum Gasteiger partial charge on any atom is -0.469 e. The predicted octanol–water partition coefficient (Wildman–Crippen LogP) is 4.25.